The topological polar surface area (TPSA) is 37.3 Å². The van der Waals surface area contributed by atoms with Crippen LogP contribution < -0.4 is 0 Å². The van der Waals surface area contributed by atoms with Crippen molar-refractivity contribution in [3.63, 3.8) is 0 Å². The maximum Gasteiger partial charge on any atom is 0.132 e. The van der Waals surface area contributed by atoms with Crippen LogP contribution in [0.25, 0.3) is 0 Å². The summed E-state index contributed by atoms with van der Waals surface area (Å²) in [6, 6.07) is 0. The van der Waals surface area contributed by atoms with Crippen molar-refractivity contribution in [2.24, 2.45) is 0 Å². The Morgan fingerprint density at radius 3 is 0.972 bits per heavy atom. The third-order valence-electron chi connectivity index (χ3n) is 7.94. The minimum Gasteiger partial charge on any atom is -0.393 e. The Balaban J connectivity index is 3.24. The van der Waals surface area contributed by atoms with Gasteiger partial charge < -0.3 is 5.11 Å². The van der Waals surface area contributed by atoms with Crippen molar-refractivity contribution in [2.45, 2.75) is 213 Å². The molecule has 216 valence electrons. The van der Waals surface area contributed by atoms with Gasteiger partial charge in [-0.2, -0.15) is 0 Å². The second-order valence-electron chi connectivity index (χ2n) is 11.8. The van der Waals surface area contributed by atoms with E-state index in [4.69, 9.17) is 0 Å². The lowest BCUT2D eigenvalue weighted by Gasteiger charge is -2.10. The number of hydrogen-bond acceptors (Lipinski definition) is 2. The van der Waals surface area contributed by atoms with Crippen molar-refractivity contribution in [3.8, 4) is 0 Å². The summed E-state index contributed by atoms with van der Waals surface area (Å²) in [5.74, 6) is 0.490. The number of hydrogen-bond donors (Lipinski definition) is 1. The highest BCUT2D eigenvalue weighted by Gasteiger charge is 2.05. The summed E-state index contributed by atoms with van der Waals surface area (Å²) in [5.41, 5.74) is 0. The van der Waals surface area contributed by atoms with Gasteiger partial charge in [-0.15, -0.1) is 0 Å². The average Bonchev–Trinajstić information content (AvgIpc) is 2.87. The van der Waals surface area contributed by atoms with Gasteiger partial charge in [0.05, 0.1) is 6.10 Å². The molecule has 0 aliphatic rings. The highest BCUT2D eigenvalue weighted by atomic mass is 16.3. The fourth-order valence-electron chi connectivity index (χ4n) is 5.36. The number of Topliss-reactive ketones (excluding diaryl/α,β-unsaturated/α-hetero) is 1. The minimum absolute atomic E-state index is 0.0811. The molecule has 0 aromatic rings. The number of aliphatic hydroxyl groups excluding tert-OH is 1. The molecule has 0 aromatic heterocycles. The van der Waals surface area contributed by atoms with Crippen LogP contribution in [-0.2, 0) is 4.79 Å². The van der Waals surface area contributed by atoms with Gasteiger partial charge in [-0.05, 0) is 25.7 Å². The quantitative estimate of drug-likeness (QED) is 0.0945. The van der Waals surface area contributed by atoms with E-state index >= 15 is 0 Å². The summed E-state index contributed by atoms with van der Waals surface area (Å²) in [4.78, 5) is 12.1. The van der Waals surface area contributed by atoms with Crippen LogP contribution in [-0.4, -0.2) is 17.0 Å². The summed E-state index contributed by atoms with van der Waals surface area (Å²) in [6.45, 7) is 4.55. The molecule has 0 radical (unpaired) electrons. The van der Waals surface area contributed by atoms with E-state index in [0.29, 0.717) is 5.78 Å². The zero-order valence-electron chi connectivity index (χ0n) is 25.1. The molecule has 0 amide bonds. The lowest BCUT2D eigenvalue weighted by atomic mass is 10.0. The molecule has 0 rings (SSSR count). The van der Waals surface area contributed by atoms with Gasteiger partial charge in [-0.25, -0.2) is 0 Å². The Morgan fingerprint density at radius 2 is 0.667 bits per heavy atom. The molecule has 0 bridgehead atoms. The summed E-state index contributed by atoms with van der Waals surface area (Å²) in [5, 5.41) is 10.2. The van der Waals surface area contributed by atoms with E-state index in [2.05, 4.69) is 13.8 Å². The van der Waals surface area contributed by atoms with Crippen molar-refractivity contribution in [1.29, 1.82) is 0 Å². The first kappa shape index (κ1) is 35.6. The second-order valence-corrected chi connectivity index (χ2v) is 11.8. The molecule has 0 spiro atoms. The van der Waals surface area contributed by atoms with E-state index < -0.39 is 0 Å². The predicted molar refractivity (Wildman–Crippen MR) is 161 cm³/mol. The van der Waals surface area contributed by atoms with Crippen LogP contribution in [0, 0.1) is 0 Å². The zero-order chi connectivity index (χ0) is 26.4. The van der Waals surface area contributed by atoms with E-state index in [1.807, 2.05) is 0 Å². The number of carbonyl (C=O) groups is 1. The molecule has 1 atom stereocenters. The lowest BCUT2D eigenvalue weighted by molar-refractivity contribution is -0.119. The van der Waals surface area contributed by atoms with Crippen LogP contribution in [0.15, 0.2) is 0 Å². The van der Waals surface area contributed by atoms with Crippen LogP contribution in [0.2, 0.25) is 0 Å². The fourth-order valence-corrected chi connectivity index (χ4v) is 5.36. The lowest BCUT2D eigenvalue weighted by Crippen LogP contribution is -2.05. The third-order valence-corrected chi connectivity index (χ3v) is 7.94. The van der Waals surface area contributed by atoms with Crippen molar-refractivity contribution >= 4 is 5.78 Å². The predicted octanol–water partition coefficient (Wildman–Crippen LogP) is 11.7. The van der Waals surface area contributed by atoms with Gasteiger partial charge >= 0.3 is 0 Å². The van der Waals surface area contributed by atoms with E-state index in [0.717, 1.165) is 44.9 Å². The standard InChI is InChI=1S/C34H68O2/c1-3-5-7-9-11-13-15-17-21-25-29-33(35)31-27-23-19-20-24-28-32-34(36)30-26-22-18-16-14-12-10-8-6-4-2/h33,35H,3-32H2,1-2H3/t33-/m0/s1. The first-order valence-electron chi connectivity index (χ1n) is 16.9. The number of rotatable bonds is 31. The largest absolute Gasteiger partial charge is 0.393 e. The third kappa shape index (κ3) is 29.9. The maximum absolute atomic E-state index is 12.1. The molecule has 2 nitrogen and oxygen atoms in total. The molecule has 0 saturated carbocycles. The Morgan fingerprint density at radius 1 is 0.417 bits per heavy atom. The minimum atomic E-state index is -0.0811. The van der Waals surface area contributed by atoms with Gasteiger partial charge in [-0.3, -0.25) is 4.79 Å². The van der Waals surface area contributed by atoms with E-state index in [-0.39, 0.29) is 6.10 Å². The summed E-state index contributed by atoms with van der Waals surface area (Å²) >= 11 is 0. The van der Waals surface area contributed by atoms with Gasteiger partial charge in [0, 0.05) is 12.8 Å². The van der Waals surface area contributed by atoms with Gasteiger partial charge in [0.25, 0.3) is 0 Å². The highest BCUT2D eigenvalue weighted by molar-refractivity contribution is 5.78. The molecule has 0 saturated heterocycles. The molecule has 0 aliphatic heterocycles. The van der Waals surface area contributed by atoms with E-state index in [9.17, 15) is 9.90 Å². The van der Waals surface area contributed by atoms with Crippen LogP contribution in [0.4, 0.5) is 0 Å². The van der Waals surface area contributed by atoms with Crippen LogP contribution in [0.5, 0.6) is 0 Å². The van der Waals surface area contributed by atoms with Crippen molar-refractivity contribution in [3.05, 3.63) is 0 Å². The molecule has 1 N–H and O–H groups in total. The number of unbranched alkanes of at least 4 members (excludes halogenated alkanes) is 23. The summed E-state index contributed by atoms with van der Waals surface area (Å²) < 4.78 is 0. The van der Waals surface area contributed by atoms with Gasteiger partial charge in [0.2, 0.25) is 0 Å². The Labute approximate surface area is 228 Å². The first-order valence-corrected chi connectivity index (χ1v) is 16.9. The molecule has 0 heterocycles. The molecular weight excluding hydrogens is 440 g/mol. The number of carbonyl (C=O) groups excluding carboxylic acids is 1. The zero-order valence-corrected chi connectivity index (χ0v) is 25.1. The summed E-state index contributed by atoms with van der Waals surface area (Å²) in [6.07, 6.45) is 37.7. The normalized spacial score (nSPS) is 12.3. The molecule has 2 heteroatoms. The van der Waals surface area contributed by atoms with E-state index in [1.54, 1.807) is 0 Å². The summed E-state index contributed by atoms with van der Waals surface area (Å²) in [7, 11) is 0. The van der Waals surface area contributed by atoms with Crippen LogP contribution >= 0.6 is 0 Å². The number of aliphatic hydroxyl groups is 1. The molecule has 0 aromatic carbocycles. The Kier molecular flexibility index (Phi) is 30.5. The number of ketones is 1. The van der Waals surface area contributed by atoms with Crippen molar-refractivity contribution in [1.82, 2.24) is 0 Å². The maximum atomic E-state index is 12.1. The second kappa shape index (κ2) is 30.9. The molecule has 0 fully saturated rings. The SMILES string of the molecule is CCCCCCCCCCCCC(=O)CCCCCCCC[C@@H](O)CCCCCCCCCCCC. The van der Waals surface area contributed by atoms with Crippen molar-refractivity contribution < 1.29 is 9.90 Å². The monoisotopic (exact) mass is 509 g/mol. The average molecular weight is 509 g/mol. The smallest absolute Gasteiger partial charge is 0.132 e. The van der Waals surface area contributed by atoms with Gasteiger partial charge in [-0.1, -0.05) is 168 Å². The molecule has 0 aliphatic carbocycles. The Hall–Kier alpha value is -0.370. The van der Waals surface area contributed by atoms with E-state index in [1.165, 1.54) is 148 Å². The first-order chi connectivity index (χ1) is 17.7. The van der Waals surface area contributed by atoms with Crippen LogP contribution in [0.3, 0.4) is 0 Å². The van der Waals surface area contributed by atoms with Gasteiger partial charge in [0.15, 0.2) is 0 Å². The Bertz CT molecular complexity index is 419. The molecule has 0 unspecified atom stereocenters. The van der Waals surface area contributed by atoms with Crippen molar-refractivity contribution in [2.75, 3.05) is 0 Å². The molecular formula is C34H68O2. The highest BCUT2D eigenvalue weighted by Crippen LogP contribution is 2.16. The molecule has 36 heavy (non-hydrogen) atoms. The van der Waals surface area contributed by atoms with Gasteiger partial charge in [0.1, 0.15) is 5.78 Å². The fraction of sp³-hybridized carbons (Fsp3) is 0.971. The van der Waals surface area contributed by atoms with Crippen LogP contribution in [0.1, 0.15) is 206 Å².